The van der Waals surface area contributed by atoms with Crippen molar-refractivity contribution in [3.63, 3.8) is 0 Å². The van der Waals surface area contributed by atoms with Crippen molar-refractivity contribution in [3.8, 4) is 5.75 Å². The lowest BCUT2D eigenvalue weighted by molar-refractivity contribution is 0.102. The number of amides is 1. The van der Waals surface area contributed by atoms with E-state index in [9.17, 15) is 4.79 Å². The van der Waals surface area contributed by atoms with Crippen molar-refractivity contribution in [1.82, 2.24) is 14.9 Å². The average Bonchev–Trinajstić information content (AvgIpc) is 2.63. The van der Waals surface area contributed by atoms with E-state index in [-0.39, 0.29) is 5.91 Å². The molecule has 1 aromatic carbocycles. The van der Waals surface area contributed by atoms with Gasteiger partial charge in [0, 0.05) is 32.2 Å². The summed E-state index contributed by atoms with van der Waals surface area (Å²) >= 11 is 0. The Bertz CT molecular complexity index is 714. The van der Waals surface area contributed by atoms with Crippen molar-refractivity contribution in [2.45, 2.75) is 0 Å². The second-order valence-electron chi connectivity index (χ2n) is 5.71. The fraction of sp³-hybridized carbons (Fsp3) is 0.353. The van der Waals surface area contributed by atoms with Crippen LogP contribution in [0.5, 0.6) is 5.75 Å². The van der Waals surface area contributed by atoms with E-state index in [0.717, 1.165) is 32.0 Å². The molecule has 0 radical (unpaired) electrons. The van der Waals surface area contributed by atoms with Gasteiger partial charge >= 0.3 is 0 Å². The number of carbonyl (C=O) groups excluding carboxylic acids is 1. The molecule has 1 amide bonds. The molecule has 0 saturated carbocycles. The lowest BCUT2D eigenvalue weighted by Gasteiger charge is -2.33. The van der Waals surface area contributed by atoms with E-state index in [4.69, 9.17) is 4.74 Å². The van der Waals surface area contributed by atoms with E-state index >= 15 is 0 Å². The first-order valence-electron chi connectivity index (χ1n) is 7.87. The fourth-order valence-corrected chi connectivity index (χ4v) is 2.61. The van der Waals surface area contributed by atoms with Crippen LogP contribution in [-0.4, -0.2) is 61.1 Å². The zero-order valence-corrected chi connectivity index (χ0v) is 13.9. The number of hydrogen-bond acceptors (Lipinski definition) is 6. The molecule has 2 aromatic rings. The average molecular weight is 327 g/mol. The molecule has 0 bridgehead atoms. The summed E-state index contributed by atoms with van der Waals surface area (Å²) in [6.45, 7) is 3.74. The monoisotopic (exact) mass is 327 g/mol. The fourth-order valence-electron chi connectivity index (χ4n) is 2.61. The molecule has 1 fully saturated rings. The smallest absolute Gasteiger partial charge is 0.274 e. The first-order chi connectivity index (χ1) is 11.7. The molecule has 1 N–H and O–H groups in total. The topological polar surface area (TPSA) is 70.6 Å². The number of hydrogen-bond donors (Lipinski definition) is 1. The highest BCUT2D eigenvalue weighted by Gasteiger charge is 2.18. The van der Waals surface area contributed by atoms with Gasteiger partial charge in [0.05, 0.1) is 12.8 Å². The van der Waals surface area contributed by atoms with E-state index in [1.807, 2.05) is 12.1 Å². The Labute approximate surface area is 141 Å². The maximum absolute atomic E-state index is 12.5. The molecule has 7 nitrogen and oxygen atoms in total. The molecule has 126 valence electrons. The highest BCUT2D eigenvalue weighted by atomic mass is 16.5. The summed E-state index contributed by atoms with van der Waals surface area (Å²) in [5.74, 6) is 1.11. The number of methoxy groups -OCH3 is 1. The Balaban J connectivity index is 1.75. The Morgan fingerprint density at radius 2 is 1.92 bits per heavy atom. The van der Waals surface area contributed by atoms with Crippen LogP contribution in [0.2, 0.25) is 0 Å². The van der Waals surface area contributed by atoms with Crippen molar-refractivity contribution in [2.24, 2.45) is 0 Å². The van der Waals surface area contributed by atoms with Crippen LogP contribution in [0.4, 0.5) is 11.5 Å². The number of ether oxygens (including phenoxy) is 1. The van der Waals surface area contributed by atoms with E-state index in [1.54, 1.807) is 25.3 Å². The summed E-state index contributed by atoms with van der Waals surface area (Å²) in [7, 11) is 3.67. The third-order valence-corrected chi connectivity index (χ3v) is 4.07. The van der Waals surface area contributed by atoms with Crippen molar-refractivity contribution < 1.29 is 9.53 Å². The third kappa shape index (κ3) is 3.62. The van der Waals surface area contributed by atoms with Crippen LogP contribution >= 0.6 is 0 Å². The Morgan fingerprint density at radius 3 is 2.67 bits per heavy atom. The van der Waals surface area contributed by atoms with E-state index in [0.29, 0.717) is 17.1 Å². The number of benzene rings is 1. The predicted octanol–water partition coefficient (Wildman–Crippen LogP) is 1.49. The van der Waals surface area contributed by atoms with E-state index in [1.165, 1.54) is 6.33 Å². The number of carbonyl (C=O) groups is 1. The molecule has 0 spiro atoms. The lowest BCUT2D eigenvalue weighted by atomic mass is 10.2. The molecule has 1 aromatic heterocycles. The molecule has 0 unspecified atom stereocenters. The number of likely N-dealkylation sites (N-methyl/N-ethyl adjacent to an activating group) is 1. The summed E-state index contributed by atoms with van der Waals surface area (Å²) in [6.07, 6.45) is 1.44. The minimum atomic E-state index is -0.280. The first-order valence-corrected chi connectivity index (χ1v) is 7.87. The van der Waals surface area contributed by atoms with Gasteiger partial charge in [-0.1, -0.05) is 12.1 Å². The normalized spacial score (nSPS) is 15.2. The molecule has 2 heterocycles. The lowest BCUT2D eigenvalue weighted by Crippen LogP contribution is -2.44. The predicted molar refractivity (Wildman–Crippen MR) is 92.7 cm³/mol. The van der Waals surface area contributed by atoms with Crippen LogP contribution in [0, 0.1) is 0 Å². The number of rotatable bonds is 4. The van der Waals surface area contributed by atoms with E-state index < -0.39 is 0 Å². The number of para-hydroxylation sites is 2. The number of nitrogens with one attached hydrogen (secondary N) is 1. The van der Waals surface area contributed by atoms with Crippen LogP contribution in [0.1, 0.15) is 10.5 Å². The number of piperazine rings is 1. The standard InChI is InChI=1S/C17H21N5O2/c1-21-7-9-22(10-8-21)16-11-14(18-12-19-16)17(23)20-13-5-3-4-6-15(13)24-2/h3-6,11-12H,7-10H2,1-2H3,(H,20,23). The van der Waals surface area contributed by atoms with Gasteiger partial charge in [-0.05, 0) is 19.2 Å². The molecular weight excluding hydrogens is 306 g/mol. The Hall–Kier alpha value is -2.67. The van der Waals surface area contributed by atoms with Gasteiger partial charge in [0.1, 0.15) is 23.6 Å². The molecule has 7 heteroatoms. The highest BCUT2D eigenvalue weighted by Crippen LogP contribution is 2.23. The molecule has 1 aliphatic rings. The Kier molecular flexibility index (Phi) is 4.90. The van der Waals surface area contributed by atoms with Gasteiger partial charge in [-0.15, -0.1) is 0 Å². The van der Waals surface area contributed by atoms with Crippen molar-refractivity contribution >= 4 is 17.4 Å². The zero-order valence-electron chi connectivity index (χ0n) is 13.9. The van der Waals surface area contributed by atoms with Gasteiger partial charge in [0.2, 0.25) is 0 Å². The van der Waals surface area contributed by atoms with E-state index in [2.05, 4.69) is 32.1 Å². The third-order valence-electron chi connectivity index (χ3n) is 4.07. The minimum Gasteiger partial charge on any atom is -0.495 e. The number of aromatic nitrogens is 2. The van der Waals surface area contributed by atoms with Crippen molar-refractivity contribution in [1.29, 1.82) is 0 Å². The molecule has 3 rings (SSSR count). The van der Waals surface area contributed by atoms with Crippen LogP contribution in [0.25, 0.3) is 0 Å². The summed E-state index contributed by atoms with van der Waals surface area (Å²) in [5, 5.41) is 2.83. The maximum Gasteiger partial charge on any atom is 0.274 e. The van der Waals surface area contributed by atoms with Crippen LogP contribution in [-0.2, 0) is 0 Å². The van der Waals surface area contributed by atoms with Crippen LogP contribution < -0.4 is 15.0 Å². The van der Waals surface area contributed by atoms with Gasteiger partial charge in [0.25, 0.3) is 5.91 Å². The first kappa shape index (κ1) is 16.2. The number of nitrogens with zero attached hydrogens (tertiary/aromatic N) is 4. The molecular formula is C17H21N5O2. The van der Waals surface area contributed by atoms with Crippen molar-refractivity contribution in [3.05, 3.63) is 42.4 Å². The minimum absolute atomic E-state index is 0.280. The Morgan fingerprint density at radius 1 is 1.17 bits per heavy atom. The van der Waals surface area contributed by atoms with Gasteiger partial charge in [-0.2, -0.15) is 0 Å². The van der Waals surface area contributed by atoms with Gasteiger partial charge < -0.3 is 19.9 Å². The van der Waals surface area contributed by atoms with Crippen LogP contribution in [0.15, 0.2) is 36.7 Å². The quantitative estimate of drug-likeness (QED) is 0.917. The highest BCUT2D eigenvalue weighted by molar-refractivity contribution is 6.04. The molecule has 0 atom stereocenters. The van der Waals surface area contributed by atoms with Gasteiger partial charge in [-0.3, -0.25) is 4.79 Å². The molecule has 0 aliphatic carbocycles. The van der Waals surface area contributed by atoms with Gasteiger partial charge in [0.15, 0.2) is 0 Å². The zero-order chi connectivity index (χ0) is 16.9. The molecule has 1 aliphatic heterocycles. The second kappa shape index (κ2) is 7.27. The summed E-state index contributed by atoms with van der Waals surface area (Å²) in [4.78, 5) is 25.3. The maximum atomic E-state index is 12.5. The summed E-state index contributed by atoms with van der Waals surface area (Å²) < 4.78 is 5.25. The summed E-state index contributed by atoms with van der Waals surface area (Å²) in [5.41, 5.74) is 0.953. The molecule has 24 heavy (non-hydrogen) atoms. The molecule has 1 saturated heterocycles. The van der Waals surface area contributed by atoms with Gasteiger partial charge in [-0.25, -0.2) is 9.97 Å². The van der Waals surface area contributed by atoms with Crippen molar-refractivity contribution in [2.75, 3.05) is 50.6 Å². The largest absolute Gasteiger partial charge is 0.495 e. The SMILES string of the molecule is COc1ccccc1NC(=O)c1cc(N2CCN(C)CC2)ncn1. The van der Waals surface area contributed by atoms with Crippen LogP contribution in [0.3, 0.4) is 0 Å². The summed E-state index contributed by atoms with van der Waals surface area (Å²) in [6, 6.07) is 9.01. The second-order valence-corrected chi connectivity index (χ2v) is 5.71. The number of anilines is 2.